The Bertz CT molecular complexity index is 334. The zero-order valence-electron chi connectivity index (χ0n) is 8.07. The molecule has 1 rings (SSSR count). The van der Waals surface area contributed by atoms with Gasteiger partial charge in [-0.1, -0.05) is 42.5 Å². The third kappa shape index (κ3) is 2.92. The summed E-state index contributed by atoms with van der Waals surface area (Å²) in [4.78, 5) is 11.4. The van der Waals surface area contributed by atoms with E-state index in [0.717, 1.165) is 5.56 Å². The van der Waals surface area contributed by atoms with E-state index in [-0.39, 0.29) is 11.7 Å². The number of ketones is 1. The van der Waals surface area contributed by atoms with Crippen LogP contribution in [0.15, 0.2) is 30.3 Å². The Labute approximate surface area is 89.1 Å². The highest BCUT2D eigenvalue weighted by Crippen LogP contribution is 2.19. The number of carbonyl (C=O) groups is 1. The van der Waals surface area contributed by atoms with Crippen molar-refractivity contribution in [2.45, 2.75) is 19.3 Å². The van der Waals surface area contributed by atoms with Gasteiger partial charge in [0.25, 0.3) is 0 Å². The quantitative estimate of drug-likeness (QED) is 0.768. The van der Waals surface area contributed by atoms with Crippen molar-refractivity contribution in [3.05, 3.63) is 35.9 Å². The highest BCUT2D eigenvalue weighted by atomic mass is 32.1. The van der Waals surface area contributed by atoms with Gasteiger partial charge >= 0.3 is 0 Å². The second-order valence-corrected chi connectivity index (χ2v) is 3.74. The van der Waals surface area contributed by atoms with Gasteiger partial charge in [0.05, 0.1) is 4.99 Å². The molecule has 0 heterocycles. The van der Waals surface area contributed by atoms with E-state index >= 15 is 0 Å². The molecule has 0 bridgehead atoms. The van der Waals surface area contributed by atoms with Gasteiger partial charge in [0, 0.05) is 12.3 Å². The monoisotopic (exact) mass is 207 g/mol. The van der Waals surface area contributed by atoms with Crippen molar-refractivity contribution in [1.29, 1.82) is 0 Å². The van der Waals surface area contributed by atoms with Gasteiger partial charge in [-0.25, -0.2) is 0 Å². The number of hydrogen-bond donors (Lipinski definition) is 1. The van der Waals surface area contributed by atoms with Crippen LogP contribution in [0.2, 0.25) is 0 Å². The Kier molecular flexibility index (Phi) is 3.77. The van der Waals surface area contributed by atoms with Crippen molar-refractivity contribution in [3.63, 3.8) is 0 Å². The normalized spacial score (nSPS) is 12.1. The van der Waals surface area contributed by atoms with E-state index in [9.17, 15) is 4.79 Å². The van der Waals surface area contributed by atoms with Crippen molar-refractivity contribution in [1.82, 2.24) is 0 Å². The van der Waals surface area contributed by atoms with E-state index in [1.54, 1.807) is 6.92 Å². The lowest BCUT2D eigenvalue weighted by molar-refractivity contribution is -0.117. The number of carbonyl (C=O) groups excluding carboxylic acids is 1. The van der Waals surface area contributed by atoms with Crippen molar-refractivity contribution in [2.24, 2.45) is 5.73 Å². The maximum Gasteiger partial charge on any atom is 0.130 e. The number of benzene rings is 1. The molecular formula is C11H13NOS. The summed E-state index contributed by atoms with van der Waals surface area (Å²) in [5.41, 5.74) is 6.61. The first-order chi connectivity index (χ1) is 6.61. The van der Waals surface area contributed by atoms with Crippen molar-refractivity contribution < 1.29 is 4.79 Å². The fraction of sp³-hybridized carbons (Fsp3) is 0.273. The van der Waals surface area contributed by atoms with Gasteiger partial charge in [-0.15, -0.1) is 0 Å². The van der Waals surface area contributed by atoms with Gasteiger partial charge in [-0.05, 0) is 12.5 Å². The van der Waals surface area contributed by atoms with Crippen LogP contribution in [0, 0.1) is 0 Å². The first kappa shape index (κ1) is 10.9. The SMILES string of the molecule is CC(=O)CC(C(N)=S)c1ccccc1. The number of thiocarbonyl (C=S) groups is 1. The van der Waals surface area contributed by atoms with Crippen LogP contribution in [-0.4, -0.2) is 10.8 Å². The fourth-order valence-corrected chi connectivity index (χ4v) is 1.57. The highest BCUT2D eigenvalue weighted by molar-refractivity contribution is 7.80. The van der Waals surface area contributed by atoms with Crippen LogP contribution in [0.1, 0.15) is 24.8 Å². The topological polar surface area (TPSA) is 43.1 Å². The number of rotatable bonds is 4. The summed E-state index contributed by atoms with van der Waals surface area (Å²) in [6.07, 6.45) is 0.388. The van der Waals surface area contributed by atoms with Crippen LogP contribution < -0.4 is 5.73 Å². The highest BCUT2D eigenvalue weighted by Gasteiger charge is 2.15. The van der Waals surface area contributed by atoms with Crippen LogP contribution in [0.25, 0.3) is 0 Å². The Balaban J connectivity index is 2.89. The molecule has 74 valence electrons. The Morgan fingerprint density at radius 1 is 1.43 bits per heavy atom. The molecule has 2 nitrogen and oxygen atoms in total. The minimum Gasteiger partial charge on any atom is -0.393 e. The Hall–Kier alpha value is -1.22. The van der Waals surface area contributed by atoms with Gasteiger partial charge in [0.1, 0.15) is 5.78 Å². The minimum atomic E-state index is -0.122. The maximum atomic E-state index is 11.0. The predicted octanol–water partition coefficient (Wildman–Crippen LogP) is 2.04. The molecule has 3 heteroatoms. The van der Waals surface area contributed by atoms with Crippen LogP contribution in [0.4, 0.5) is 0 Å². The first-order valence-electron chi connectivity index (χ1n) is 4.45. The molecule has 0 aromatic heterocycles. The smallest absolute Gasteiger partial charge is 0.130 e. The van der Waals surface area contributed by atoms with E-state index in [1.807, 2.05) is 30.3 Å². The summed E-state index contributed by atoms with van der Waals surface area (Å²) in [6.45, 7) is 1.55. The van der Waals surface area contributed by atoms with E-state index in [4.69, 9.17) is 18.0 Å². The lowest BCUT2D eigenvalue weighted by Crippen LogP contribution is -2.21. The molecule has 0 radical (unpaired) electrons. The summed E-state index contributed by atoms with van der Waals surface area (Å²) >= 11 is 4.94. The van der Waals surface area contributed by atoms with Gasteiger partial charge in [-0.2, -0.15) is 0 Å². The molecule has 0 aliphatic rings. The number of Topliss-reactive ketones (excluding diaryl/α,β-unsaturated/α-hetero) is 1. The molecule has 0 spiro atoms. The van der Waals surface area contributed by atoms with Crippen molar-refractivity contribution in [2.75, 3.05) is 0 Å². The Morgan fingerprint density at radius 2 is 2.00 bits per heavy atom. The molecule has 14 heavy (non-hydrogen) atoms. The van der Waals surface area contributed by atoms with Crippen molar-refractivity contribution >= 4 is 23.0 Å². The van der Waals surface area contributed by atoms with Crippen LogP contribution >= 0.6 is 12.2 Å². The fourth-order valence-electron chi connectivity index (χ4n) is 1.36. The van der Waals surface area contributed by atoms with Crippen LogP contribution in [-0.2, 0) is 4.79 Å². The average molecular weight is 207 g/mol. The van der Waals surface area contributed by atoms with Gasteiger partial charge in [-0.3, -0.25) is 4.79 Å². The second kappa shape index (κ2) is 4.86. The van der Waals surface area contributed by atoms with E-state index in [0.29, 0.717) is 11.4 Å². The summed E-state index contributed by atoms with van der Waals surface area (Å²) in [5.74, 6) is -0.0182. The number of hydrogen-bond acceptors (Lipinski definition) is 2. The molecule has 1 atom stereocenters. The van der Waals surface area contributed by atoms with Gasteiger partial charge in [0.2, 0.25) is 0 Å². The number of nitrogens with two attached hydrogens (primary N) is 1. The molecule has 1 unspecified atom stereocenters. The zero-order valence-corrected chi connectivity index (χ0v) is 8.88. The van der Waals surface area contributed by atoms with Gasteiger partial charge < -0.3 is 5.73 Å². The standard InChI is InChI=1S/C11H13NOS/c1-8(13)7-10(11(12)14)9-5-3-2-4-6-9/h2-6,10H,7H2,1H3,(H2,12,14). The lowest BCUT2D eigenvalue weighted by Gasteiger charge is -2.13. The second-order valence-electron chi connectivity index (χ2n) is 3.27. The summed E-state index contributed by atoms with van der Waals surface area (Å²) < 4.78 is 0. The molecule has 0 aliphatic heterocycles. The lowest BCUT2D eigenvalue weighted by atomic mass is 9.94. The molecule has 0 amide bonds. The average Bonchev–Trinajstić information content (AvgIpc) is 2.15. The molecule has 0 aliphatic carbocycles. The van der Waals surface area contributed by atoms with Crippen LogP contribution in [0.5, 0.6) is 0 Å². The molecule has 0 fully saturated rings. The third-order valence-electron chi connectivity index (χ3n) is 2.04. The maximum absolute atomic E-state index is 11.0. The largest absolute Gasteiger partial charge is 0.393 e. The Morgan fingerprint density at radius 3 is 2.43 bits per heavy atom. The molecule has 1 aromatic rings. The van der Waals surface area contributed by atoms with Crippen LogP contribution in [0.3, 0.4) is 0 Å². The summed E-state index contributed by atoms with van der Waals surface area (Å²) in [5, 5.41) is 0. The van der Waals surface area contributed by atoms with E-state index in [2.05, 4.69) is 0 Å². The van der Waals surface area contributed by atoms with Gasteiger partial charge in [0.15, 0.2) is 0 Å². The van der Waals surface area contributed by atoms with E-state index in [1.165, 1.54) is 0 Å². The molecule has 2 N–H and O–H groups in total. The predicted molar refractivity (Wildman–Crippen MR) is 61.3 cm³/mol. The zero-order chi connectivity index (χ0) is 10.6. The summed E-state index contributed by atoms with van der Waals surface area (Å²) in [6, 6.07) is 9.63. The molecule has 1 aromatic carbocycles. The molecule has 0 saturated carbocycles. The third-order valence-corrected chi connectivity index (χ3v) is 2.32. The van der Waals surface area contributed by atoms with E-state index < -0.39 is 0 Å². The van der Waals surface area contributed by atoms with Crippen molar-refractivity contribution in [3.8, 4) is 0 Å². The summed E-state index contributed by atoms with van der Waals surface area (Å²) in [7, 11) is 0. The molecular weight excluding hydrogens is 194 g/mol. The molecule has 0 saturated heterocycles. The minimum absolute atomic E-state index is 0.103. The first-order valence-corrected chi connectivity index (χ1v) is 4.86.